The lowest BCUT2D eigenvalue weighted by atomic mass is 10.2. The van der Waals surface area contributed by atoms with E-state index >= 15 is 0 Å². The van der Waals surface area contributed by atoms with Crippen LogP contribution in [0.15, 0.2) is 12.4 Å². The van der Waals surface area contributed by atoms with Gasteiger partial charge in [0.1, 0.15) is 5.82 Å². The lowest BCUT2D eigenvalue weighted by molar-refractivity contribution is 0.390. The molecule has 1 aromatic rings. The summed E-state index contributed by atoms with van der Waals surface area (Å²) in [7, 11) is -1.40. The van der Waals surface area contributed by atoms with Crippen LogP contribution in [0.2, 0.25) is 0 Å². The lowest BCUT2D eigenvalue weighted by Gasteiger charge is -2.22. The predicted molar refractivity (Wildman–Crippen MR) is 69.7 cm³/mol. The number of rotatable bonds is 4. The Morgan fingerprint density at radius 2 is 2.28 bits per heavy atom. The van der Waals surface area contributed by atoms with E-state index in [1.807, 2.05) is 0 Å². The molecule has 1 aromatic heterocycles. The largest absolute Gasteiger partial charge is 0.372 e. The standard InChI is InChI=1S/C11H18N4O2S/c1-3-18(16,17)15-6-4-5-10(15)9-7-13-8-11(12-2)14-9/h7-8,10H,3-6H2,1-2H3,(H,12,14). The molecule has 6 nitrogen and oxygen atoms in total. The number of sulfonamides is 1. The quantitative estimate of drug-likeness (QED) is 0.883. The Hall–Kier alpha value is -1.21. The van der Waals surface area contributed by atoms with Crippen molar-refractivity contribution in [2.24, 2.45) is 0 Å². The molecule has 0 saturated carbocycles. The Kier molecular flexibility index (Phi) is 3.82. The van der Waals surface area contributed by atoms with Gasteiger partial charge in [0.2, 0.25) is 10.0 Å². The molecule has 1 saturated heterocycles. The first kappa shape index (κ1) is 13.2. The average Bonchev–Trinajstić information content (AvgIpc) is 2.89. The minimum atomic E-state index is -3.17. The summed E-state index contributed by atoms with van der Waals surface area (Å²) in [4.78, 5) is 8.49. The monoisotopic (exact) mass is 270 g/mol. The number of hydrogen-bond donors (Lipinski definition) is 1. The van der Waals surface area contributed by atoms with Crippen molar-refractivity contribution in [2.45, 2.75) is 25.8 Å². The van der Waals surface area contributed by atoms with Crippen molar-refractivity contribution in [1.82, 2.24) is 14.3 Å². The van der Waals surface area contributed by atoms with Crippen molar-refractivity contribution >= 4 is 15.8 Å². The first-order chi connectivity index (χ1) is 8.58. The van der Waals surface area contributed by atoms with Gasteiger partial charge in [-0.3, -0.25) is 4.98 Å². The molecule has 0 radical (unpaired) electrons. The van der Waals surface area contributed by atoms with Crippen LogP contribution in [0, 0.1) is 0 Å². The van der Waals surface area contributed by atoms with Gasteiger partial charge < -0.3 is 5.32 Å². The molecule has 7 heteroatoms. The molecule has 1 unspecified atom stereocenters. The van der Waals surface area contributed by atoms with E-state index in [1.54, 1.807) is 30.7 Å². The number of aromatic nitrogens is 2. The van der Waals surface area contributed by atoms with E-state index in [-0.39, 0.29) is 11.8 Å². The fourth-order valence-corrected chi connectivity index (χ4v) is 3.54. The van der Waals surface area contributed by atoms with E-state index in [0.29, 0.717) is 12.4 Å². The minimum absolute atomic E-state index is 0.128. The van der Waals surface area contributed by atoms with Gasteiger partial charge in [-0.05, 0) is 19.8 Å². The molecule has 0 aliphatic carbocycles. The van der Waals surface area contributed by atoms with Gasteiger partial charge in [0.05, 0.1) is 29.9 Å². The molecule has 0 aromatic carbocycles. The number of anilines is 1. The fourth-order valence-electron chi connectivity index (χ4n) is 2.20. The second kappa shape index (κ2) is 5.19. The Balaban J connectivity index is 2.31. The van der Waals surface area contributed by atoms with E-state index in [0.717, 1.165) is 18.5 Å². The highest BCUT2D eigenvalue weighted by Crippen LogP contribution is 2.33. The summed E-state index contributed by atoms with van der Waals surface area (Å²) < 4.78 is 25.6. The maximum atomic E-state index is 12.0. The summed E-state index contributed by atoms with van der Waals surface area (Å²) >= 11 is 0. The minimum Gasteiger partial charge on any atom is -0.372 e. The zero-order valence-corrected chi connectivity index (χ0v) is 11.4. The SMILES string of the molecule is CCS(=O)(=O)N1CCCC1c1cncc(NC)n1. The predicted octanol–water partition coefficient (Wildman–Crippen LogP) is 1.00. The third-order valence-corrected chi connectivity index (χ3v) is 5.06. The molecule has 1 aliphatic rings. The fraction of sp³-hybridized carbons (Fsp3) is 0.636. The van der Waals surface area contributed by atoms with Crippen molar-refractivity contribution in [3.63, 3.8) is 0 Å². The highest BCUT2D eigenvalue weighted by Gasteiger charge is 2.35. The van der Waals surface area contributed by atoms with Gasteiger partial charge in [0.25, 0.3) is 0 Å². The molecule has 0 amide bonds. The van der Waals surface area contributed by atoms with E-state index in [1.165, 1.54) is 0 Å². The molecule has 2 heterocycles. The number of nitrogens with one attached hydrogen (secondary N) is 1. The van der Waals surface area contributed by atoms with E-state index in [2.05, 4.69) is 15.3 Å². The van der Waals surface area contributed by atoms with Crippen LogP contribution in [-0.4, -0.2) is 42.0 Å². The molecule has 1 N–H and O–H groups in total. The van der Waals surface area contributed by atoms with Gasteiger partial charge in [-0.1, -0.05) is 0 Å². The second-order valence-electron chi connectivity index (χ2n) is 4.25. The average molecular weight is 270 g/mol. The lowest BCUT2D eigenvalue weighted by Crippen LogP contribution is -2.32. The topological polar surface area (TPSA) is 75.2 Å². The van der Waals surface area contributed by atoms with E-state index < -0.39 is 10.0 Å². The third kappa shape index (κ3) is 2.46. The zero-order valence-electron chi connectivity index (χ0n) is 10.6. The highest BCUT2D eigenvalue weighted by molar-refractivity contribution is 7.89. The van der Waals surface area contributed by atoms with Crippen molar-refractivity contribution in [2.75, 3.05) is 24.7 Å². The van der Waals surface area contributed by atoms with Crippen LogP contribution >= 0.6 is 0 Å². The van der Waals surface area contributed by atoms with Crippen LogP contribution in [0.25, 0.3) is 0 Å². The van der Waals surface area contributed by atoms with Gasteiger partial charge in [0, 0.05) is 13.6 Å². The van der Waals surface area contributed by atoms with Crippen molar-refractivity contribution in [1.29, 1.82) is 0 Å². The molecule has 2 rings (SSSR count). The molecule has 1 fully saturated rings. The molecule has 100 valence electrons. The van der Waals surface area contributed by atoms with E-state index in [9.17, 15) is 8.42 Å². The molecule has 0 spiro atoms. The Bertz CT molecular complexity index is 518. The van der Waals surface area contributed by atoms with Crippen LogP contribution in [-0.2, 0) is 10.0 Å². The number of nitrogens with zero attached hydrogens (tertiary/aromatic N) is 3. The van der Waals surface area contributed by atoms with E-state index in [4.69, 9.17) is 0 Å². The van der Waals surface area contributed by atoms with Crippen LogP contribution in [0.3, 0.4) is 0 Å². The van der Waals surface area contributed by atoms with Crippen molar-refractivity contribution in [3.05, 3.63) is 18.1 Å². The van der Waals surface area contributed by atoms with Gasteiger partial charge in [-0.2, -0.15) is 4.31 Å². The van der Waals surface area contributed by atoms with Crippen LogP contribution in [0.1, 0.15) is 31.5 Å². The van der Waals surface area contributed by atoms with Gasteiger partial charge in [-0.25, -0.2) is 13.4 Å². The number of hydrogen-bond acceptors (Lipinski definition) is 5. The molecule has 18 heavy (non-hydrogen) atoms. The molecule has 1 aliphatic heterocycles. The van der Waals surface area contributed by atoms with Crippen LogP contribution in [0.4, 0.5) is 5.82 Å². The molecular formula is C11H18N4O2S. The summed E-state index contributed by atoms with van der Waals surface area (Å²) in [5.74, 6) is 0.788. The van der Waals surface area contributed by atoms with Gasteiger partial charge in [-0.15, -0.1) is 0 Å². The Labute approximate surface area is 107 Å². The van der Waals surface area contributed by atoms with Crippen LogP contribution in [0.5, 0.6) is 0 Å². The maximum Gasteiger partial charge on any atom is 0.214 e. The molecular weight excluding hydrogens is 252 g/mol. The summed E-state index contributed by atoms with van der Waals surface area (Å²) in [6, 6.07) is -0.171. The summed E-state index contributed by atoms with van der Waals surface area (Å²) in [6.45, 7) is 2.24. The maximum absolute atomic E-state index is 12.0. The second-order valence-corrected chi connectivity index (χ2v) is 6.46. The summed E-state index contributed by atoms with van der Waals surface area (Å²) in [6.07, 6.45) is 4.95. The summed E-state index contributed by atoms with van der Waals surface area (Å²) in [5.41, 5.74) is 0.719. The third-order valence-electron chi connectivity index (χ3n) is 3.18. The summed E-state index contributed by atoms with van der Waals surface area (Å²) in [5, 5.41) is 2.92. The van der Waals surface area contributed by atoms with Crippen molar-refractivity contribution < 1.29 is 8.42 Å². The smallest absolute Gasteiger partial charge is 0.214 e. The molecule has 0 bridgehead atoms. The van der Waals surface area contributed by atoms with Crippen molar-refractivity contribution in [3.8, 4) is 0 Å². The normalized spacial score (nSPS) is 21.1. The zero-order chi connectivity index (χ0) is 13.2. The first-order valence-corrected chi connectivity index (χ1v) is 7.68. The Morgan fingerprint density at radius 1 is 1.50 bits per heavy atom. The Morgan fingerprint density at radius 3 is 2.94 bits per heavy atom. The van der Waals surface area contributed by atoms with Gasteiger partial charge >= 0.3 is 0 Å². The highest BCUT2D eigenvalue weighted by atomic mass is 32.2. The first-order valence-electron chi connectivity index (χ1n) is 6.07. The molecule has 1 atom stereocenters. The van der Waals surface area contributed by atoms with Crippen LogP contribution < -0.4 is 5.32 Å². The van der Waals surface area contributed by atoms with Gasteiger partial charge in [0.15, 0.2) is 0 Å².